The quantitative estimate of drug-likeness (QED) is 0.473. The van der Waals surface area contributed by atoms with Crippen LogP contribution in [0.4, 0.5) is 17.1 Å². The molecule has 0 amide bonds. The molecule has 0 atom stereocenters. The van der Waals surface area contributed by atoms with Crippen LogP contribution in [0.15, 0.2) is 77.7 Å². The van der Waals surface area contributed by atoms with Crippen molar-refractivity contribution in [2.75, 3.05) is 55.8 Å². The number of likely N-dealkylation sites (N-methyl/N-ethyl adjacent to an activating group) is 1. The molecule has 3 aromatic rings. The highest BCUT2D eigenvalue weighted by Gasteiger charge is 2.18. The minimum Gasteiger partial charge on any atom is -0.369 e. The normalized spacial score (nSPS) is 16.5. The molecule has 0 radical (unpaired) electrons. The van der Waals surface area contributed by atoms with Gasteiger partial charge < -0.3 is 14.7 Å². The summed E-state index contributed by atoms with van der Waals surface area (Å²) in [6.45, 7) is 5.38. The molecule has 2 heterocycles. The number of benzene rings is 3. The molecule has 5 rings (SSSR count). The SMILES string of the molecule is CSc1ccc(-c2ccc3c(c2)C=CCN3c2ccc(N3CCN(C)CC3)cc2)cc1. The van der Waals surface area contributed by atoms with Gasteiger partial charge in [0, 0.05) is 54.7 Å². The van der Waals surface area contributed by atoms with Crippen LogP contribution < -0.4 is 9.80 Å². The van der Waals surface area contributed by atoms with Crippen LogP contribution in [0.3, 0.4) is 0 Å². The predicted molar refractivity (Wildman–Crippen MR) is 136 cm³/mol. The Morgan fingerprint density at radius 1 is 0.742 bits per heavy atom. The summed E-state index contributed by atoms with van der Waals surface area (Å²) in [4.78, 5) is 8.59. The van der Waals surface area contributed by atoms with Gasteiger partial charge in [-0.25, -0.2) is 0 Å². The van der Waals surface area contributed by atoms with E-state index in [4.69, 9.17) is 0 Å². The van der Waals surface area contributed by atoms with Crippen molar-refractivity contribution in [1.82, 2.24) is 4.90 Å². The van der Waals surface area contributed by atoms with E-state index in [-0.39, 0.29) is 0 Å². The molecule has 0 N–H and O–H groups in total. The van der Waals surface area contributed by atoms with Crippen LogP contribution in [-0.2, 0) is 0 Å². The lowest BCUT2D eigenvalue weighted by Crippen LogP contribution is -2.44. The Bertz CT molecular complexity index is 1060. The van der Waals surface area contributed by atoms with Gasteiger partial charge in [0.2, 0.25) is 0 Å². The number of rotatable bonds is 4. The van der Waals surface area contributed by atoms with Crippen molar-refractivity contribution in [2.45, 2.75) is 4.90 Å². The van der Waals surface area contributed by atoms with Gasteiger partial charge in [-0.3, -0.25) is 0 Å². The summed E-state index contributed by atoms with van der Waals surface area (Å²) in [7, 11) is 2.20. The van der Waals surface area contributed by atoms with Gasteiger partial charge in [-0.05, 0) is 78.5 Å². The van der Waals surface area contributed by atoms with Gasteiger partial charge in [-0.1, -0.05) is 30.4 Å². The summed E-state index contributed by atoms with van der Waals surface area (Å²) >= 11 is 1.78. The van der Waals surface area contributed by atoms with Crippen molar-refractivity contribution in [2.24, 2.45) is 0 Å². The van der Waals surface area contributed by atoms with Crippen molar-refractivity contribution >= 4 is 34.9 Å². The number of hydrogen-bond acceptors (Lipinski definition) is 4. The number of piperazine rings is 1. The molecule has 2 aliphatic heterocycles. The van der Waals surface area contributed by atoms with Gasteiger partial charge in [0.25, 0.3) is 0 Å². The minimum atomic E-state index is 0.905. The summed E-state index contributed by atoms with van der Waals surface area (Å²) in [6.07, 6.45) is 6.63. The number of hydrogen-bond donors (Lipinski definition) is 0. The lowest BCUT2D eigenvalue weighted by molar-refractivity contribution is 0.313. The molecule has 0 saturated carbocycles. The van der Waals surface area contributed by atoms with E-state index in [9.17, 15) is 0 Å². The Morgan fingerprint density at radius 3 is 2.13 bits per heavy atom. The van der Waals surface area contributed by atoms with Crippen molar-refractivity contribution in [1.29, 1.82) is 0 Å². The Balaban J connectivity index is 1.38. The molecule has 0 unspecified atom stereocenters. The third-order valence-corrected chi connectivity index (χ3v) is 7.10. The van der Waals surface area contributed by atoms with Crippen molar-refractivity contribution in [3.63, 3.8) is 0 Å². The monoisotopic (exact) mass is 427 g/mol. The van der Waals surface area contributed by atoms with E-state index in [0.29, 0.717) is 0 Å². The summed E-state index contributed by atoms with van der Waals surface area (Å²) < 4.78 is 0. The first-order chi connectivity index (χ1) is 15.2. The molecular formula is C27H29N3S. The molecule has 3 nitrogen and oxygen atoms in total. The zero-order valence-corrected chi connectivity index (χ0v) is 19.1. The second kappa shape index (κ2) is 8.81. The highest BCUT2D eigenvalue weighted by Crippen LogP contribution is 2.36. The summed E-state index contributed by atoms with van der Waals surface area (Å²) in [5.41, 5.74) is 7.67. The van der Waals surface area contributed by atoms with Gasteiger partial charge in [0.1, 0.15) is 0 Å². The Kier molecular flexibility index (Phi) is 5.75. The molecule has 1 fully saturated rings. The van der Waals surface area contributed by atoms with E-state index in [0.717, 1.165) is 32.7 Å². The zero-order chi connectivity index (χ0) is 21.2. The zero-order valence-electron chi connectivity index (χ0n) is 18.3. The molecule has 0 aromatic heterocycles. The minimum absolute atomic E-state index is 0.905. The average molecular weight is 428 g/mol. The molecule has 1 saturated heterocycles. The first kappa shape index (κ1) is 20.2. The van der Waals surface area contributed by atoms with E-state index in [2.05, 4.69) is 107 Å². The van der Waals surface area contributed by atoms with Gasteiger partial charge >= 0.3 is 0 Å². The summed E-state index contributed by atoms with van der Waals surface area (Å²) in [5.74, 6) is 0. The van der Waals surface area contributed by atoms with Gasteiger partial charge in [0.15, 0.2) is 0 Å². The fraction of sp³-hybridized carbons (Fsp3) is 0.259. The highest BCUT2D eigenvalue weighted by atomic mass is 32.2. The van der Waals surface area contributed by atoms with Crippen LogP contribution in [-0.4, -0.2) is 50.9 Å². The number of anilines is 3. The van der Waals surface area contributed by atoms with E-state index in [1.807, 2.05) is 0 Å². The standard InChI is InChI=1S/C27H29N3S/c1-28-16-18-29(19-17-28)24-8-10-25(11-9-24)30-15-3-4-23-20-22(7-14-27(23)30)21-5-12-26(31-2)13-6-21/h3-14,20H,15-19H2,1-2H3. The van der Waals surface area contributed by atoms with Crippen LogP contribution >= 0.6 is 11.8 Å². The van der Waals surface area contributed by atoms with E-state index >= 15 is 0 Å². The number of fused-ring (bicyclic) bond motifs is 1. The van der Waals surface area contributed by atoms with Gasteiger partial charge in [-0.15, -0.1) is 11.8 Å². The van der Waals surface area contributed by atoms with Gasteiger partial charge in [0.05, 0.1) is 0 Å². The maximum atomic E-state index is 2.49. The Labute approximate surface area is 190 Å². The topological polar surface area (TPSA) is 9.72 Å². The average Bonchev–Trinajstić information content (AvgIpc) is 2.84. The first-order valence-electron chi connectivity index (χ1n) is 11.0. The van der Waals surface area contributed by atoms with Gasteiger partial charge in [-0.2, -0.15) is 0 Å². The largest absolute Gasteiger partial charge is 0.369 e. The second-order valence-corrected chi connectivity index (χ2v) is 9.20. The fourth-order valence-electron chi connectivity index (χ4n) is 4.43. The molecule has 0 aliphatic carbocycles. The van der Waals surface area contributed by atoms with E-state index < -0.39 is 0 Å². The third kappa shape index (κ3) is 4.23. The van der Waals surface area contributed by atoms with Crippen LogP contribution in [0.5, 0.6) is 0 Å². The summed E-state index contributed by atoms with van der Waals surface area (Å²) in [6, 6.07) is 24.8. The van der Waals surface area contributed by atoms with Crippen LogP contribution in [0.25, 0.3) is 17.2 Å². The predicted octanol–water partition coefficient (Wildman–Crippen LogP) is 5.99. The molecule has 0 bridgehead atoms. The Hall–Kier alpha value is -2.69. The third-order valence-electron chi connectivity index (χ3n) is 6.36. The first-order valence-corrected chi connectivity index (χ1v) is 12.2. The molecular weight excluding hydrogens is 398 g/mol. The van der Waals surface area contributed by atoms with Crippen molar-refractivity contribution in [3.05, 3.63) is 78.4 Å². The highest BCUT2D eigenvalue weighted by molar-refractivity contribution is 7.98. The van der Waals surface area contributed by atoms with Crippen LogP contribution in [0, 0.1) is 0 Å². The molecule has 0 spiro atoms. The maximum Gasteiger partial charge on any atom is 0.0487 e. The molecule has 4 heteroatoms. The van der Waals surface area contributed by atoms with E-state index in [1.54, 1.807) is 11.8 Å². The molecule has 158 valence electrons. The van der Waals surface area contributed by atoms with Crippen molar-refractivity contribution < 1.29 is 0 Å². The van der Waals surface area contributed by atoms with Crippen LogP contribution in [0.2, 0.25) is 0 Å². The fourth-order valence-corrected chi connectivity index (χ4v) is 4.84. The molecule has 2 aliphatic rings. The van der Waals surface area contributed by atoms with Crippen LogP contribution in [0.1, 0.15) is 5.56 Å². The molecule has 3 aromatic carbocycles. The Morgan fingerprint density at radius 2 is 1.42 bits per heavy atom. The maximum absolute atomic E-state index is 2.49. The molecule has 31 heavy (non-hydrogen) atoms. The number of thioether (sulfide) groups is 1. The lowest BCUT2D eigenvalue weighted by Gasteiger charge is -2.34. The number of nitrogens with zero attached hydrogens (tertiary/aromatic N) is 3. The van der Waals surface area contributed by atoms with Crippen molar-refractivity contribution in [3.8, 4) is 11.1 Å². The second-order valence-electron chi connectivity index (χ2n) is 8.32. The lowest BCUT2D eigenvalue weighted by atomic mass is 9.99. The smallest absolute Gasteiger partial charge is 0.0487 e. The summed E-state index contributed by atoms with van der Waals surface area (Å²) in [5, 5.41) is 0. The van der Waals surface area contributed by atoms with E-state index in [1.165, 1.54) is 38.6 Å².